The molecule has 1 aromatic carbocycles. The van der Waals surface area contributed by atoms with E-state index in [1.807, 2.05) is 18.2 Å². The number of para-hydroxylation sites is 1. The molecular formula is C13H19NO2. The van der Waals surface area contributed by atoms with Crippen molar-refractivity contribution in [3.63, 3.8) is 0 Å². The second-order valence-electron chi connectivity index (χ2n) is 4.52. The molecule has 0 radical (unpaired) electrons. The summed E-state index contributed by atoms with van der Waals surface area (Å²) in [5.74, 6) is 0.353. The van der Waals surface area contributed by atoms with Crippen LogP contribution in [0.5, 0.6) is 5.75 Å². The largest absolute Gasteiger partial charge is 0.508 e. The number of hydrogen-bond acceptors (Lipinski definition) is 3. The Morgan fingerprint density at radius 3 is 2.50 bits per heavy atom. The van der Waals surface area contributed by atoms with Gasteiger partial charge in [-0.1, -0.05) is 18.2 Å². The molecule has 0 atom stereocenters. The molecule has 0 amide bonds. The quantitative estimate of drug-likeness (QED) is 0.729. The lowest BCUT2D eigenvalue weighted by Crippen LogP contribution is -2.34. The molecule has 1 saturated carbocycles. The van der Waals surface area contributed by atoms with Crippen molar-refractivity contribution in [2.75, 3.05) is 0 Å². The molecule has 1 aromatic rings. The summed E-state index contributed by atoms with van der Waals surface area (Å²) < 4.78 is 0. The number of aliphatic hydroxyl groups excluding tert-OH is 1. The number of aliphatic hydroxyl groups is 1. The van der Waals surface area contributed by atoms with Crippen LogP contribution in [0.25, 0.3) is 0 Å². The van der Waals surface area contributed by atoms with Crippen LogP contribution in [0.15, 0.2) is 24.3 Å². The molecule has 88 valence electrons. The van der Waals surface area contributed by atoms with Gasteiger partial charge in [-0.15, -0.1) is 0 Å². The highest BCUT2D eigenvalue weighted by atomic mass is 16.3. The molecule has 0 aliphatic heterocycles. The smallest absolute Gasteiger partial charge is 0.120 e. The van der Waals surface area contributed by atoms with E-state index in [0.717, 1.165) is 31.2 Å². The second-order valence-corrected chi connectivity index (χ2v) is 4.52. The molecule has 16 heavy (non-hydrogen) atoms. The van der Waals surface area contributed by atoms with Crippen LogP contribution >= 0.6 is 0 Å². The Kier molecular flexibility index (Phi) is 3.80. The first kappa shape index (κ1) is 11.4. The van der Waals surface area contributed by atoms with E-state index in [0.29, 0.717) is 18.3 Å². The van der Waals surface area contributed by atoms with E-state index in [9.17, 15) is 10.2 Å². The first-order valence-electron chi connectivity index (χ1n) is 5.94. The zero-order chi connectivity index (χ0) is 11.4. The van der Waals surface area contributed by atoms with Crippen molar-refractivity contribution < 1.29 is 10.2 Å². The Hall–Kier alpha value is -1.06. The number of phenolic OH excluding ortho intramolecular Hbond substituents is 1. The topological polar surface area (TPSA) is 52.5 Å². The normalized spacial score (nSPS) is 25.6. The first-order valence-corrected chi connectivity index (χ1v) is 5.94. The Morgan fingerprint density at radius 1 is 1.12 bits per heavy atom. The van der Waals surface area contributed by atoms with Gasteiger partial charge in [-0.3, -0.25) is 0 Å². The Labute approximate surface area is 96.1 Å². The number of phenols is 1. The van der Waals surface area contributed by atoms with Crippen molar-refractivity contribution >= 4 is 0 Å². The zero-order valence-electron chi connectivity index (χ0n) is 9.39. The lowest BCUT2D eigenvalue weighted by molar-refractivity contribution is 0.116. The maximum atomic E-state index is 9.60. The highest BCUT2D eigenvalue weighted by Crippen LogP contribution is 2.20. The van der Waals surface area contributed by atoms with E-state index in [1.165, 1.54) is 0 Å². The standard InChI is InChI=1S/C13H19NO2/c15-12-7-5-11(6-8-12)14-9-10-3-1-2-4-13(10)16/h1-4,11-12,14-16H,5-9H2. The number of rotatable bonds is 3. The van der Waals surface area contributed by atoms with Gasteiger partial charge in [0.2, 0.25) is 0 Å². The van der Waals surface area contributed by atoms with Gasteiger partial charge in [0.25, 0.3) is 0 Å². The van der Waals surface area contributed by atoms with Gasteiger partial charge in [0.1, 0.15) is 5.75 Å². The number of benzene rings is 1. The molecule has 3 nitrogen and oxygen atoms in total. The minimum absolute atomic E-state index is 0.108. The number of nitrogens with one attached hydrogen (secondary N) is 1. The maximum absolute atomic E-state index is 9.60. The molecule has 2 rings (SSSR count). The van der Waals surface area contributed by atoms with Gasteiger partial charge in [0, 0.05) is 18.2 Å². The minimum Gasteiger partial charge on any atom is -0.508 e. The summed E-state index contributed by atoms with van der Waals surface area (Å²) in [6, 6.07) is 7.88. The van der Waals surface area contributed by atoms with Gasteiger partial charge in [-0.2, -0.15) is 0 Å². The van der Waals surface area contributed by atoms with Crippen LogP contribution in [-0.2, 0) is 6.54 Å². The van der Waals surface area contributed by atoms with E-state index in [-0.39, 0.29) is 6.10 Å². The lowest BCUT2D eigenvalue weighted by atomic mass is 9.93. The third-order valence-electron chi connectivity index (χ3n) is 3.27. The average Bonchev–Trinajstić information content (AvgIpc) is 2.30. The van der Waals surface area contributed by atoms with Crippen molar-refractivity contribution in [3.05, 3.63) is 29.8 Å². The number of hydrogen-bond donors (Lipinski definition) is 3. The molecule has 1 fully saturated rings. The summed E-state index contributed by atoms with van der Waals surface area (Å²) in [5, 5.41) is 22.4. The summed E-state index contributed by atoms with van der Waals surface area (Å²) >= 11 is 0. The SMILES string of the molecule is Oc1ccccc1CNC1CCC(O)CC1. The van der Waals surface area contributed by atoms with Gasteiger partial charge in [-0.25, -0.2) is 0 Å². The van der Waals surface area contributed by atoms with E-state index in [1.54, 1.807) is 6.07 Å². The fourth-order valence-electron chi connectivity index (χ4n) is 2.19. The molecular weight excluding hydrogens is 202 g/mol. The number of aromatic hydroxyl groups is 1. The highest BCUT2D eigenvalue weighted by molar-refractivity contribution is 5.31. The highest BCUT2D eigenvalue weighted by Gasteiger charge is 2.18. The van der Waals surface area contributed by atoms with Crippen molar-refractivity contribution in [1.29, 1.82) is 0 Å². The van der Waals surface area contributed by atoms with Crippen LogP contribution in [0.1, 0.15) is 31.2 Å². The molecule has 0 aromatic heterocycles. The molecule has 3 N–H and O–H groups in total. The molecule has 3 heteroatoms. The van der Waals surface area contributed by atoms with Crippen LogP contribution in [0, 0.1) is 0 Å². The van der Waals surface area contributed by atoms with Crippen molar-refractivity contribution in [2.45, 2.75) is 44.4 Å². The maximum Gasteiger partial charge on any atom is 0.120 e. The van der Waals surface area contributed by atoms with Crippen molar-refractivity contribution in [1.82, 2.24) is 5.32 Å². The Bertz CT molecular complexity index is 332. The third kappa shape index (κ3) is 2.97. The molecule has 0 spiro atoms. The van der Waals surface area contributed by atoms with Crippen LogP contribution in [-0.4, -0.2) is 22.4 Å². The average molecular weight is 221 g/mol. The summed E-state index contributed by atoms with van der Waals surface area (Å²) in [6.45, 7) is 0.702. The summed E-state index contributed by atoms with van der Waals surface area (Å²) in [4.78, 5) is 0. The van der Waals surface area contributed by atoms with E-state index in [2.05, 4.69) is 5.32 Å². The summed E-state index contributed by atoms with van der Waals surface area (Å²) in [6.07, 6.45) is 3.71. The monoisotopic (exact) mass is 221 g/mol. The second kappa shape index (κ2) is 5.32. The van der Waals surface area contributed by atoms with Crippen molar-refractivity contribution in [2.24, 2.45) is 0 Å². The predicted octanol–water partition coefficient (Wildman–Crippen LogP) is 1.79. The lowest BCUT2D eigenvalue weighted by Gasteiger charge is -2.26. The molecule has 0 unspecified atom stereocenters. The molecule has 0 saturated heterocycles. The van der Waals surface area contributed by atoms with Crippen molar-refractivity contribution in [3.8, 4) is 5.75 Å². The predicted molar refractivity (Wildman–Crippen MR) is 63.2 cm³/mol. The fourth-order valence-corrected chi connectivity index (χ4v) is 2.19. The van der Waals surface area contributed by atoms with E-state index in [4.69, 9.17) is 0 Å². The van der Waals surface area contributed by atoms with Gasteiger partial charge < -0.3 is 15.5 Å². The summed E-state index contributed by atoms with van der Waals surface area (Å²) in [5.41, 5.74) is 0.939. The van der Waals surface area contributed by atoms with E-state index < -0.39 is 0 Å². The minimum atomic E-state index is -0.108. The van der Waals surface area contributed by atoms with Crippen LogP contribution in [0.3, 0.4) is 0 Å². The van der Waals surface area contributed by atoms with Gasteiger partial charge in [0.05, 0.1) is 6.10 Å². The fraction of sp³-hybridized carbons (Fsp3) is 0.538. The van der Waals surface area contributed by atoms with E-state index >= 15 is 0 Å². The molecule has 1 aliphatic rings. The third-order valence-corrected chi connectivity index (χ3v) is 3.27. The summed E-state index contributed by atoms with van der Waals surface area (Å²) in [7, 11) is 0. The Balaban J connectivity index is 1.81. The van der Waals surface area contributed by atoms with Gasteiger partial charge >= 0.3 is 0 Å². The first-order chi connectivity index (χ1) is 7.75. The zero-order valence-corrected chi connectivity index (χ0v) is 9.39. The van der Waals surface area contributed by atoms with Crippen LogP contribution in [0.2, 0.25) is 0 Å². The van der Waals surface area contributed by atoms with Crippen LogP contribution in [0.4, 0.5) is 0 Å². The van der Waals surface area contributed by atoms with Gasteiger partial charge in [-0.05, 0) is 31.7 Å². The Morgan fingerprint density at radius 2 is 1.81 bits per heavy atom. The van der Waals surface area contributed by atoms with Crippen LogP contribution < -0.4 is 5.32 Å². The van der Waals surface area contributed by atoms with Gasteiger partial charge in [0.15, 0.2) is 0 Å². The molecule has 0 bridgehead atoms. The molecule has 1 aliphatic carbocycles. The molecule has 0 heterocycles.